The van der Waals surface area contributed by atoms with Crippen LogP contribution in [-0.2, 0) is 0 Å². The number of benzene rings is 3. The van der Waals surface area contributed by atoms with E-state index in [1.165, 1.54) is 5.69 Å². The molecule has 0 bridgehead atoms. The number of anilines is 2. The van der Waals surface area contributed by atoms with Crippen molar-refractivity contribution in [3.05, 3.63) is 83.9 Å². The van der Waals surface area contributed by atoms with E-state index in [2.05, 4.69) is 51.5 Å². The first-order chi connectivity index (χ1) is 16.3. The molecule has 0 spiro atoms. The van der Waals surface area contributed by atoms with Crippen molar-refractivity contribution in [2.75, 3.05) is 49.5 Å². The molecule has 1 aromatic heterocycles. The third-order valence-corrected chi connectivity index (χ3v) is 6.48. The first-order valence-electron chi connectivity index (χ1n) is 11.6. The van der Waals surface area contributed by atoms with Gasteiger partial charge >= 0.3 is 0 Å². The zero-order valence-corrected chi connectivity index (χ0v) is 19.4. The van der Waals surface area contributed by atoms with Gasteiger partial charge in [0.05, 0.1) is 10.5 Å². The summed E-state index contributed by atoms with van der Waals surface area (Å²) in [5.41, 5.74) is 3.09. The molecule has 168 valence electrons. The molecule has 4 aromatic rings. The normalized spacial score (nSPS) is 14.5. The van der Waals surface area contributed by atoms with Gasteiger partial charge in [0.25, 0.3) is 0 Å². The molecule has 3 aromatic carbocycles. The third kappa shape index (κ3) is 5.10. The van der Waals surface area contributed by atoms with Crippen molar-refractivity contribution in [1.29, 1.82) is 0 Å². The molecule has 6 heteroatoms. The van der Waals surface area contributed by atoms with Crippen molar-refractivity contribution in [3.8, 4) is 11.4 Å². The molecule has 0 aliphatic carbocycles. The Balaban J connectivity index is 1.20. The molecule has 33 heavy (non-hydrogen) atoms. The molecule has 0 atom stereocenters. The maximum absolute atomic E-state index is 6.42. The van der Waals surface area contributed by atoms with E-state index in [0.717, 1.165) is 68.0 Å². The first-order valence-corrected chi connectivity index (χ1v) is 11.9. The van der Waals surface area contributed by atoms with Crippen LogP contribution in [-0.4, -0.2) is 54.1 Å². The van der Waals surface area contributed by atoms with Crippen LogP contribution in [0.2, 0.25) is 5.02 Å². The molecule has 0 radical (unpaired) electrons. The second-order valence-electron chi connectivity index (χ2n) is 8.34. The lowest BCUT2D eigenvalue weighted by atomic mass is 10.2. The highest BCUT2D eigenvalue weighted by atomic mass is 35.5. The topological polar surface area (TPSA) is 44.3 Å². The molecule has 1 aliphatic heterocycles. The van der Waals surface area contributed by atoms with Crippen LogP contribution in [0.4, 0.5) is 11.5 Å². The molecule has 1 fully saturated rings. The quantitative estimate of drug-likeness (QED) is 0.367. The lowest BCUT2D eigenvalue weighted by Crippen LogP contribution is -2.46. The van der Waals surface area contributed by atoms with Crippen LogP contribution >= 0.6 is 11.6 Å². The lowest BCUT2D eigenvalue weighted by Gasteiger charge is -2.36. The summed E-state index contributed by atoms with van der Waals surface area (Å²) in [7, 11) is 0. The van der Waals surface area contributed by atoms with E-state index in [4.69, 9.17) is 21.6 Å². The summed E-state index contributed by atoms with van der Waals surface area (Å²) in [4.78, 5) is 14.6. The van der Waals surface area contributed by atoms with Gasteiger partial charge in [0.2, 0.25) is 0 Å². The summed E-state index contributed by atoms with van der Waals surface area (Å²) in [5, 5.41) is 5.25. The van der Waals surface area contributed by atoms with E-state index in [1.54, 1.807) is 0 Å². The Morgan fingerprint density at radius 1 is 0.788 bits per heavy atom. The van der Waals surface area contributed by atoms with Crippen LogP contribution in [0.5, 0.6) is 0 Å². The monoisotopic (exact) mass is 457 g/mol. The van der Waals surface area contributed by atoms with Crippen molar-refractivity contribution >= 4 is 34.0 Å². The number of aromatic nitrogens is 2. The number of hydrogen-bond acceptors (Lipinski definition) is 5. The smallest absolute Gasteiger partial charge is 0.163 e. The Hall–Kier alpha value is -3.15. The van der Waals surface area contributed by atoms with Gasteiger partial charge in [-0.2, -0.15) is 0 Å². The van der Waals surface area contributed by atoms with Crippen LogP contribution in [0, 0.1) is 0 Å². The van der Waals surface area contributed by atoms with Gasteiger partial charge in [0.1, 0.15) is 5.82 Å². The Morgan fingerprint density at radius 2 is 1.52 bits per heavy atom. The fraction of sp³-hybridized carbons (Fsp3) is 0.259. The number of piperazine rings is 1. The maximum atomic E-state index is 6.42. The van der Waals surface area contributed by atoms with E-state index in [0.29, 0.717) is 10.8 Å². The van der Waals surface area contributed by atoms with Crippen LogP contribution in [0.15, 0.2) is 78.9 Å². The average molecular weight is 458 g/mol. The second kappa shape index (κ2) is 10.2. The van der Waals surface area contributed by atoms with E-state index in [9.17, 15) is 0 Å². The molecule has 2 heterocycles. The van der Waals surface area contributed by atoms with E-state index >= 15 is 0 Å². The van der Waals surface area contributed by atoms with Gasteiger partial charge in [-0.05, 0) is 49.4 Å². The lowest BCUT2D eigenvalue weighted by molar-refractivity contribution is 0.257. The Kier molecular flexibility index (Phi) is 6.70. The number of halogens is 1. The van der Waals surface area contributed by atoms with E-state index in [1.807, 2.05) is 42.5 Å². The van der Waals surface area contributed by atoms with Gasteiger partial charge < -0.3 is 10.2 Å². The predicted octanol–water partition coefficient (Wildman–Crippen LogP) is 5.57. The number of hydrogen-bond donors (Lipinski definition) is 1. The molecule has 5 rings (SSSR count). The fourth-order valence-electron chi connectivity index (χ4n) is 4.35. The van der Waals surface area contributed by atoms with Crippen molar-refractivity contribution in [2.45, 2.75) is 6.42 Å². The van der Waals surface area contributed by atoms with Gasteiger partial charge in [-0.15, -0.1) is 0 Å². The molecule has 0 amide bonds. The van der Waals surface area contributed by atoms with Crippen LogP contribution < -0.4 is 10.2 Å². The largest absolute Gasteiger partial charge is 0.369 e. The number of para-hydroxylation sites is 2. The van der Waals surface area contributed by atoms with Crippen molar-refractivity contribution in [1.82, 2.24) is 14.9 Å². The van der Waals surface area contributed by atoms with Crippen LogP contribution in [0.1, 0.15) is 6.42 Å². The van der Waals surface area contributed by atoms with Gasteiger partial charge in [-0.25, -0.2) is 9.97 Å². The van der Waals surface area contributed by atoms with Crippen molar-refractivity contribution < 1.29 is 0 Å². The number of fused-ring (bicyclic) bond motifs is 1. The molecule has 0 saturated carbocycles. The summed E-state index contributed by atoms with van der Waals surface area (Å²) in [5.74, 6) is 1.52. The zero-order chi connectivity index (χ0) is 22.5. The molecule has 1 aliphatic rings. The number of nitrogens with zero attached hydrogens (tertiary/aromatic N) is 4. The molecular formula is C27H28ClN5. The van der Waals surface area contributed by atoms with Crippen molar-refractivity contribution in [3.63, 3.8) is 0 Å². The van der Waals surface area contributed by atoms with Crippen LogP contribution in [0.3, 0.4) is 0 Å². The fourth-order valence-corrected chi connectivity index (χ4v) is 4.57. The molecular weight excluding hydrogens is 430 g/mol. The minimum absolute atomic E-state index is 0.652. The van der Waals surface area contributed by atoms with Gasteiger partial charge in [-0.1, -0.05) is 54.1 Å². The summed E-state index contributed by atoms with van der Waals surface area (Å²) >= 11 is 6.42. The first kappa shape index (κ1) is 21.7. The van der Waals surface area contributed by atoms with Gasteiger partial charge in [-0.3, -0.25) is 4.90 Å². The highest BCUT2D eigenvalue weighted by Gasteiger charge is 2.17. The summed E-state index contributed by atoms with van der Waals surface area (Å²) in [6, 6.07) is 26.5. The Morgan fingerprint density at radius 3 is 2.33 bits per heavy atom. The standard InChI is InChI=1S/C27H28ClN5/c28-24-13-6-4-11-22(24)27-30-25-14-7-5-12-23(25)26(31-27)29-15-8-16-32-17-19-33(20-18-32)21-9-2-1-3-10-21/h1-7,9-14H,8,15-20H2,(H,29,30,31). The van der Waals surface area contributed by atoms with Crippen molar-refractivity contribution in [2.24, 2.45) is 0 Å². The SMILES string of the molecule is Clc1ccccc1-c1nc(NCCCN2CCN(c3ccccc3)CC2)c2ccccc2n1. The second-order valence-corrected chi connectivity index (χ2v) is 8.74. The third-order valence-electron chi connectivity index (χ3n) is 6.16. The highest BCUT2D eigenvalue weighted by Crippen LogP contribution is 2.29. The number of nitrogens with one attached hydrogen (secondary N) is 1. The zero-order valence-electron chi connectivity index (χ0n) is 18.6. The van der Waals surface area contributed by atoms with E-state index in [-0.39, 0.29) is 0 Å². The molecule has 1 saturated heterocycles. The Labute approximate surface area is 200 Å². The van der Waals surface area contributed by atoms with Gasteiger partial charge in [0, 0.05) is 49.4 Å². The Bertz CT molecular complexity index is 1210. The summed E-state index contributed by atoms with van der Waals surface area (Å²) in [6.07, 6.45) is 1.06. The summed E-state index contributed by atoms with van der Waals surface area (Å²) in [6.45, 7) is 6.30. The molecule has 5 nitrogen and oxygen atoms in total. The summed E-state index contributed by atoms with van der Waals surface area (Å²) < 4.78 is 0. The molecule has 0 unspecified atom stereocenters. The minimum atomic E-state index is 0.652. The minimum Gasteiger partial charge on any atom is -0.369 e. The van der Waals surface area contributed by atoms with Gasteiger partial charge in [0.15, 0.2) is 5.82 Å². The highest BCUT2D eigenvalue weighted by molar-refractivity contribution is 6.33. The predicted molar refractivity (Wildman–Crippen MR) is 138 cm³/mol. The number of rotatable bonds is 7. The molecule has 1 N–H and O–H groups in total. The maximum Gasteiger partial charge on any atom is 0.163 e. The van der Waals surface area contributed by atoms with Crippen LogP contribution in [0.25, 0.3) is 22.3 Å². The van der Waals surface area contributed by atoms with E-state index < -0.39 is 0 Å². The average Bonchev–Trinajstić information content (AvgIpc) is 2.87.